The molecule has 1 amide bonds. The fourth-order valence-electron chi connectivity index (χ4n) is 2.87. The monoisotopic (exact) mass is 437 g/mol. The van der Waals surface area contributed by atoms with E-state index in [0.29, 0.717) is 55.5 Å². The first-order valence-electron chi connectivity index (χ1n) is 7.15. The van der Waals surface area contributed by atoms with E-state index < -0.39 is 5.79 Å². The van der Waals surface area contributed by atoms with Crippen molar-refractivity contribution >= 4 is 40.1 Å². The minimum Gasteiger partial charge on any atom is -0.496 e. The van der Waals surface area contributed by atoms with Crippen molar-refractivity contribution in [1.29, 1.82) is 0 Å². The quantitative estimate of drug-likeness (QED) is 0.668. The van der Waals surface area contributed by atoms with E-state index >= 15 is 0 Å². The summed E-state index contributed by atoms with van der Waals surface area (Å²) in [6, 6.07) is 3.46. The van der Waals surface area contributed by atoms with E-state index in [4.69, 9.17) is 25.8 Å². The molecule has 1 aromatic carbocycles. The van der Waals surface area contributed by atoms with Crippen molar-refractivity contribution in [3.8, 4) is 5.75 Å². The molecule has 3 rings (SSSR count). The van der Waals surface area contributed by atoms with Gasteiger partial charge in [-0.2, -0.15) is 0 Å². The molecule has 120 valence electrons. The number of nitrogens with zero attached hydrogens (tertiary/aromatic N) is 1. The normalized spacial score (nSPS) is 20.4. The summed E-state index contributed by atoms with van der Waals surface area (Å²) in [7, 11) is 1.56. The van der Waals surface area contributed by atoms with Crippen LogP contribution in [0.3, 0.4) is 0 Å². The molecule has 2 aliphatic rings. The molecular weight excluding hydrogens is 421 g/mol. The zero-order valence-electron chi connectivity index (χ0n) is 12.2. The molecule has 2 aliphatic heterocycles. The number of piperidine rings is 1. The lowest BCUT2D eigenvalue weighted by atomic mass is 10.0. The predicted molar refractivity (Wildman–Crippen MR) is 90.5 cm³/mol. The maximum Gasteiger partial charge on any atom is 0.257 e. The van der Waals surface area contributed by atoms with E-state index in [-0.39, 0.29) is 5.91 Å². The Bertz CT molecular complexity index is 579. The molecule has 0 radical (unpaired) electrons. The minimum atomic E-state index is -0.482. The molecule has 0 N–H and O–H groups in total. The Hall–Kier alpha value is -0.570. The summed E-state index contributed by atoms with van der Waals surface area (Å²) >= 11 is 8.27. The van der Waals surface area contributed by atoms with Gasteiger partial charge in [0.2, 0.25) is 0 Å². The van der Waals surface area contributed by atoms with E-state index in [9.17, 15) is 4.79 Å². The van der Waals surface area contributed by atoms with Gasteiger partial charge in [0, 0.05) is 29.5 Å². The molecular formula is C15H17ClINO4. The Morgan fingerprint density at radius 2 is 1.95 bits per heavy atom. The third kappa shape index (κ3) is 3.06. The highest BCUT2D eigenvalue weighted by Gasteiger charge is 2.41. The molecule has 1 spiro atoms. The van der Waals surface area contributed by atoms with Crippen LogP contribution in [0.5, 0.6) is 5.75 Å². The van der Waals surface area contributed by atoms with Crippen molar-refractivity contribution in [2.45, 2.75) is 18.6 Å². The highest BCUT2D eigenvalue weighted by Crippen LogP contribution is 2.34. The number of carbonyl (C=O) groups excluding carboxylic acids is 1. The van der Waals surface area contributed by atoms with Crippen LogP contribution in [0.2, 0.25) is 5.02 Å². The molecule has 7 heteroatoms. The zero-order valence-corrected chi connectivity index (χ0v) is 15.1. The molecule has 0 atom stereocenters. The third-order valence-electron chi connectivity index (χ3n) is 4.10. The molecule has 0 unspecified atom stereocenters. The van der Waals surface area contributed by atoms with E-state index in [1.807, 2.05) is 0 Å². The van der Waals surface area contributed by atoms with Gasteiger partial charge in [-0.3, -0.25) is 4.79 Å². The first-order valence-corrected chi connectivity index (χ1v) is 8.60. The van der Waals surface area contributed by atoms with E-state index in [1.54, 1.807) is 24.1 Å². The molecule has 2 saturated heterocycles. The van der Waals surface area contributed by atoms with E-state index in [0.717, 1.165) is 3.57 Å². The smallest absolute Gasteiger partial charge is 0.257 e. The van der Waals surface area contributed by atoms with Gasteiger partial charge in [-0.05, 0) is 34.7 Å². The summed E-state index contributed by atoms with van der Waals surface area (Å²) in [5, 5.41) is 0.556. The lowest BCUT2D eigenvalue weighted by Gasteiger charge is -2.37. The molecule has 0 aromatic heterocycles. The highest BCUT2D eigenvalue weighted by molar-refractivity contribution is 14.1. The number of halogens is 2. The summed E-state index contributed by atoms with van der Waals surface area (Å²) in [5.74, 6) is 0.000329. The molecule has 1 aromatic rings. The average molecular weight is 438 g/mol. The second-order valence-electron chi connectivity index (χ2n) is 5.37. The van der Waals surface area contributed by atoms with Crippen LogP contribution in [-0.2, 0) is 9.47 Å². The molecule has 0 aliphatic carbocycles. The number of likely N-dealkylation sites (tertiary alicyclic amines) is 1. The zero-order chi connectivity index (χ0) is 15.7. The van der Waals surface area contributed by atoms with Crippen LogP contribution in [0.1, 0.15) is 23.2 Å². The number of rotatable bonds is 2. The minimum absolute atomic E-state index is 0.0667. The topological polar surface area (TPSA) is 48.0 Å². The Morgan fingerprint density at radius 1 is 1.32 bits per heavy atom. The van der Waals surface area contributed by atoms with Crippen molar-refractivity contribution in [3.63, 3.8) is 0 Å². The first-order chi connectivity index (χ1) is 10.5. The molecule has 0 saturated carbocycles. The highest BCUT2D eigenvalue weighted by atomic mass is 127. The molecule has 22 heavy (non-hydrogen) atoms. The number of benzene rings is 1. The van der Waals surface area contributed by atoms with E-state index in [2.05, 4.69) is 22.6 Å². The van der Waals surface area contributed by atoms with Crippen LogP contribution >= 0.6 is 34.2 Å². The summed E-state index contributed by atoms with van der Waals surface area (Å²) in [6.07, 6.45) is 1.39. The van der Waals surface area contributed by atoms with Crippen molar-refractivity contribution in [3.05, 3.63) is 26.3 Å². The van der Waals surface area contributed by atoms with Crippen LogP contribution in [0.25, 0.3) is 0 Å². The average Bonchev–Trinajstić information content (AvgIpc) is 2.98. The summed E-state index contributed by atoms with van der Waals surface area (Å²) in [6.45, 7) is 2.47. The van der Waals surface area contributed by atoms with Crippen LogP contribution in [0.4, 0.5) is 0 Å². The van der Waals surface area contributed by atoms with Gasteiger partial charge < -0.3 is 19.1 Å². The van der Waals surface area contributed by atoms with Crippen molar-refractivity contribution < 1.29 is 19.0 Å². The van der Waals surface area contributed by atoms with Crippen molar-refractivity contribution in [1.82, 2.24) is 4.90 Å². The number of ether oxygens (including phenoxy) is 3. The lowest BCUT2D eigenvalue weighted by molar-refractivity contribution is -0.181. The van der Waals surface area contributed by atoms with Crippen LogP contribution in [-0.4, -0.2) is 50.0 Å². The number of methoxy groups -OCH3 is 1. The van der Waals surface area contributed by atoms with Crippen LogP contribution < -0.4 is 4.74 Å². The Labute approximate surface area is 148 Å². The third-order valence-corrected chi connectivity index (χ3v) is 5.62. The SMILES string of the molecule is COc1cc(I)c(Cl)cc1C(=O)N1CCC2(CC1)OCCO2. The maximum atomic E-state index is 12.7. The maximum absolute atomic E-state index is 12.7. The fraction of sp³-hybridized carbons (Fsp3) is 0.533. The van der Waals surface area contributed by atoms with Crippen LogP contribution in [0.15, 0.2) is 12.1 Å². The first kappa shape index (κ1) is 16.3. The van der Waals surface area contributed by atoms with Gasteiger partial charge in [-0.15, -0.1) is 0 Å². The van der Waals surface area contributed by atoms with Gasteiger partial charge >= 0.3 is 0 Å². The van der Waals surface area contributed by atoms with Crippen LogP contribution in [0, 0.1) is 3.57 Å². The summed E-state index contributed by atoms with van der Waals surface area (Å²) < 4.78 is 17.6. The Balaban J connectivity index is 1.76. The fourth-order valence-corrected chi connectivity index (χ4v) is 3.47. The van der Waals surface area contributed by atoms with E-state index in [1.165, 1.54) is 0 Å². The van der Waals surface area contributed by atoms with Crippen molar-refractivity contribution in [2.24, 2.45) is 0 Å². The number of carbonyl (C=O) groups is 1. The van der Waals surface area contributed by atoms with Gasteiger partial charge in [0.1, 0.15) is 5.75 Å². The summed E-state index contributed by atoms with van der Waals surface area (Å²) in [4.78, 5) is 14.6. The molecule has 5 nitrogen and oxygen atoms in total. The van der Waals surface area contributed by atoms with Gasteiger partial charge in [0.05, 0.1) is 30.9 Å². The second-order valence-corrected chi connectivity index (χ2v) is 6.94. The van der Waals surface area contributed by atoms with Gasteiger partial charge in [-0.25, -0.2) is 0 Å². The largest absolute Gasteiger partial charge is 0.496 e. The molecule has 0 bridgehead atoms. The standard InChI is InChI=1S/C15H17ClINO4/c1-20-13-9-12(17)11(16)8-10(13)14(19)18-4-2-15(3-5-18)21-6-7-22-15/h8-9H,2-7H2,1H3. The van der Waals surface area contributed by atoms with Crippen molar-refractivity contribution in [2.75, 3.05) is 33.4 Å². The van der Waals surface area contributed by atoms with Gasteiger partial charge in [-0.1, -0.05) is 11.6 Å². The summed E-state index contributed by atoms with van der Waals surface area (Å²) in [5.41, 5.74) is 0.497. The Morgan fingerprint density at radius 3 is 2.55 bits per heavy atom. The molecule has 2 fully saturated rings. The lowest BCUT2D eigenvalue weighted by Crippen LogP contribution is -2.47. The van der Waals surface area contributed by atoms with Gasteiger partial charge in [0.15, 0.2) is 5.79 Å². The number of amides is 1. The number of hydrogen-bond donors (Lipinski definition) is 0. The predicted octanol–water partition coefficient (Wildman–Crippen LogP) is 2.93. The second kappa shape index (κ2) is 6.51. The molecule has 2 heterocycles. The Kier molecular flexibility index (Phi) is 4.82. The van der Waals surface area contributed by atoms with Gasteiger partial charge in [0.25, 0.3) is 5.91 Å². The number of hydrogen-bond acceptors (Lipinski definition) is 4.